The number of benzene rings is 1. The van der Waals surface area contributed by atoms with Gasteiger partial charge in [0.2, 0.25) is 0 Å². The van der Waals surface area contributed by atoms with E-state index in [0.29, 0.717) is 24.4 Å². The van der Waals surface area contributed by atoms with E-state index in [4.69, 9.17) is 10.5 Å². The molecule has 1 saturated heterocycles. The predicted octanol–water partition coefficient (Wildman–Crippen LogP) is 1.61. The maximum atomic E-state index is 11.8. The highest BCUT2D eigenvalue weighted by molar-refractivity contribution is 5.96. The van der Waals surface area contributed by atoms with Crippen LogP contribution >= 0.6 is 0 Å². The molecule has 1 heterocycles. The van der Waals surface area contributed by atoms with Crippen LogP contribution in [0.15, 0.2) is 18.2 Å². The van der Waals surface area contributed by atoms with E-state index in [1.54, 1.807) is 18.2 Å². The zero-order valence-corrected chi connectivity index (χ0v) is 11.2. The van der Waals surface area contributed by atoms with Crippen molar-refractivity contribution in [3.8, 4) is 0 Å². The van der Waals surface area contributed by atoms with E-state index in [9.17, 15) is 4.79 Å². The third-order valence-electron chi connectivity index (χ3n) is 3.17. The van der Waals surface area contributed by atoms with Crippen molar-refractivity contribution in [1.29, 1.82) is 0 Å². The summed E-state index contributed by atoms with van der Waals surface area (Å²) in [5, 5.41) is 6.14. The summed E-state index contributed by atoms with van der Waals surface area (Å²) < 4.78 is 5.43. The van der Waals surface area contributed by atoms with Gasteiger partial charge in [-0.25, -0.2) is 0 Å². The maximum Gasteiger partial charge on any atom is 0.251 e. The molecule has 2 rings (SSSR count). The van der Waals surface area contributed by atoms with Crippen LogP contribution in [0.4, 0.5) is 11.4 Å². The van der Waals surface area contributed by atoms with Crippen molar-refractivity contribution in [2.45, 2.75) is 25.8 Å². The van der Waals surface area contributed by atoms with E-state index in [1.165, 1.54) is 0 Å². The molecular formula is C14H21N3O2. The molecule has 0 aromatic heterocycles. The Balaban J connectivity index is 2.10. The third-order valence-corrected chi connectivity index (χ3v) is 3.17. The first-order valence-corrected chi connectivity index (χ1v) is 6.72. The van der Waals surface area contributed by atoms with Crippen LogP contribution in [-0.2, 0) is 4.74 Å². The van der Waals surface area contributed by atoms with Gasteiger partial charge in [-0.1, -0.05) is 0 Å². The summed E-state index contributed by atoms with van der Waals surface area (Å²) in [4.78, 5) is 11.8. The second-order valence-corrected chi connectivity index (χ2v) is 4.72. The van der Waals surface area contributed by atoms with Crippen LogP contribution in [0, 0.1) is 0 Å². The van der Waals surface area contributed by atoms with E-state index in [1.807, 2.05) is 6.92 Å². The number of ether oxygens (including phenoxy) is 1. The number of carbonyl (C=O) groups excluding carboxylic acids is 1. The fraction of sp³-hybridized carbons (Fsp3) is 0.500. The SMILES string of the molecule is CCNC(=O)c1ccc(N)c(NC2CCCOC2)c1. The highest BCUT2D eigenvalue weighted by Gasteiger charge is 2.15. The lowest BCUT2D eigenvalue weighted by atomic mass is 10.1. The minimum Gasteiger partial charge on any atom is -0.397 e. The number of anilines is 2. The molecule has 1 aliphatic rings. The number of amides is 1. The Hall–Kier alpha value is -1.75. The van der Waals surface area contributed by atoms with Crippen LogP contribution in [0.1, 0.15) is 30.1 Å². The molecule has 1 unspecified atom stereocenters. The molecule has 1 aliphatic heterocycles. The Labute approximate surface area is 113 Å². The van der Waals surface area contributed by atoms with Gasteiger partial charge in [0.25, 0.3) is 5.91 Å². The number of hydrogen-bond acceptors (Lipinski definition) is 4. The van der Waals surface area contributed by atoms with Crippen LogP contribution in [-0.4, -0.2) is 31.7 Å². The lowest BCUT2D eigenvalue weighted by Gasteiger charge is -2.25. The van der Waals surface area contributed by atoms with E-state index in [2.05, 4.69) is 10.6 Å². The van der Waals surface area contributed by atoms with Gasteiger partial charge in [0, 0.05) is 24.8 Å². The predicted molar refractivity (Wildman–Crippen MR) is 76.3 cm³/mol. The minimum atomic E-state index is -0.0783. The number of nitrogens with two attached hydrogens (primary N) is 1. The number of hydrogen-bond donors (Lipinski definition) is 3. The number of carbonyl (C=O) groups is 1. The summed E-state index contributed by atoms with van der Waals surface area (Å²) in [6.07, 6.45) is 2.11. The summed E-state index contributed by atoms with van der Waals surface area (Å²) in [5.74, 6) is -0.0783. The Kier molecular flexibility index (Phi) is 4.63. The quantitative estimate of drug-likeness (QED) is 0.721. The molecular weight excluding hydrogens is 242 g/mol. The van der Waals surface area contributed by atoms with Crippen LogP contribution < -0.4 is 16.4 Å². The molecule has 1 fully saturated rings. The first-order chi connectivity index (χ1) is 9.20. The lowest BCUT2D eigenvalue weighted by Crippen LogP contribution is -2.30. The van der Waals surface area contributed by atoms with Gasteiger partial charge in [-0.2, -0.15) is 0 Å². The van der Waals surface area contributed by atoms with Gasteiger partial charge in [-0.15, -0.1) is 0 Å². The summed E-state index contributed by atoms with van der Waals surface area (Å²) >= 11 is 0. The molecule has 1 aromatic rings. The van der Waals surface area contributed by atoms with Crippen molar-refractivity contribution in [3.63, 3.8) is 0 Å². The van der Waals surface area contributed by atoms with Crippen molar-refractivity contribution in [3.05, 3.63) is 23.8 Å². The molecule has 5 heteroatoms. The molecule has 5 nitrogen and oxygen atoms in total. The molecule has 0 saturated carbocycles. The molecule has 1 aromatic carbocycles. The van der Waals surface area contributed by atoms with Gasteiger partial charge < -0.3 is 21.1 Å². The van der Waals surface area contributed by atoms with Crippen molar-refractivity contribution in [1.82, 2.24) is 5.32 Å². The average Bonchev–Trinajstić information content (AvgIpc) is 2.42. The summed E-state index contributed by atoms with van der Waals surface area (Å²) in [6.45, 7) is 4.02. The molecule has 1 atom stereocenters. The first kappa shape index (κ1) is 13.7. The zero-order valence-electron chi connectivity index (χ0n) is 11.2. The fourth-order valence-electron chi connectivity index (χ4n) is 2.16. The van der Waals surface area contributed by atoms with E-state index in [0.717, 1.165) is 25.1 Å². The topological polar surface area (TPSA) is 76.4 Å². The second kappa shape index (κ2) is 6.43. The van der Waals surface area contributed by atoms with Gasteiger partial charge in [0.1, 0.15) is 0 Å². The van der Waals surface area contributed by atoms with Crippen LogP contribution in [0.2, 0.25) is 0 Å². The van der Waals surface area contributed by atoms with Crippen molar-refractivity contribution < 1.29 is 9.53 Å². The maximum absolute atomic E-state index is 11.8. The minimum absolute atomic E-state index is 0.0783. The van der Waals surface area contributed by atoms with Gasteiger partial charge >= 0.3 is 0 Å². The lowest BCUT2D eigenvalue weighted by molar-refractivity contribution is 0.0876. The van der Waals surface area contributed by atoms with Crippen molar-refractivity contribution >= 4 is 17.3 Å². The van der Waals surface area contributed by atoms with E-state index in [-0.39, 0.29) is 11.9 Å². The normalized spacial score (nSPS) is 18.9. The smallest absolute Gasteiger partial charge is 0.251 e. The standard InChI is InChI=1S/C14H21N3O2/c1-2-16-14(18)10-5-6-12(15)13(8-10)17-11-4-3-7-19-9-11/h5-6,8,11,17H,2-4,7,9,15H2,1H3,(H,16,18). The first-order valence-electron chi connectivity index (χ1n) is 6.72. The number of nitrogen functional groups attached to an aromatic ring is 1. The van der Waals surface area contributed by atoms with Crippen LogP contribution in [0.25, 0.3) is 0 Å². The summed E-state index contributed by atoms with van der Waals surface area (Å²) in [5.41, 5.74) is 8.02. The molecule has 0 bridgehead atoms. The number of nitrogens with one attached hydrogen (secondary N) is 2. The summed E-state index contributed by atoms with van der Waals surface area (Å²) in [6, 6.07) is 5.56. The zero-order chi connectivity index (χ0) is 13.7. The Bertz CT molecular complexity index is 442. The van der Waals surface area contributed by atoms with Gasteiger partial charge in [0.15, 0.2) is 0 Å². The molecule has 0 radical (unpaired) electrons. The van der Waals surface area contributed by atoms with Crippen molar-refractivity contribution in [2.75, 3.05) is 30.8 Å². The highest BCUT2D eigenvalue weighted by atomic mass is 16.5. The summed E-state index contributed by atoms with van der Waals surface area (Å²) in [7, 11) is 0. The Morgan fingerprint density at radius 2 is 2.37 bits per heavy atom. The third kappa shape index (κ3) is 3.61. The van der Waals surface area contributed by atoms with Gasteiger partial charge in [-0.05, 0) is 38.0 Å². The highest BCUT2D eigenvalue weighted by Crippen LogP contribution is 2.23. The molecule has 4 N–H and O–H groups in total. The van der Waals surface area contributed by atoms with Crippen LogP contribution in [0.3, 0.4) is 0 Å². The molecule has 0 aliphatic carbocycles. The molecule has 104 valence electrons. The van der Waals surface area contributed by atoms with E-state index < -0.39 is 0 Å². The van der Waals surface area contributed by atoms with Gasteiger partial charge in [-0.3, -0.25) is 4.79 Å². The van der Waals surface area contributed by atoms with Gasteiger partial charge in [0.05, 0.1) is 18.0 Å². The molecule has 19 heavy (non-hydrogen) atoms. The molecule has 1 amide bonds. The van der Waals surface area contributed by atoms with Crippen LogP contribution in [0.5, 0.6) is 0 Å². The fourth-order valence-corrected chi connectivity index (χ4v) is 2.16. The van der Waals surface area contributed by atoms with Crippen molar-refractivity contribution in [2.24, 2.45) is 0 Å². The largest absolute Gasteiger partial charge is 0.397 e. The monoisotopic (exact) mass is 263 g/mol. The number of rotatable bonds is 4. The van der Waals surface area contributed by atoms with E-state index >= 15 is 0 Å². The molecule has 0 spiro atoms. The Morgan fingerprint density at radius 3 is 3.05 bits per heavy atom. The average molecular weight is 263 g/mol. The second-order valence-electron chi connectivity index (χ2n) is 4.72. The Morgan fingerprint density at radius 1 is 1.53 bits per heavy atom.